The number of aromatic hydroxyl groups is 1. The number of phenolic OH excluding ortho intramolecular Hbond substituents is 1. The molecule has 1 heterocycles. The topological polar surface area (TPSA) is 72.6 Å². The minimum Gasteiger partial charge on any atom is -0.504 e. The minimum absolute atomic E-state index is 0.0912. The van der Waals surface area contributed by atoms with Crippen molar-refractivity contribution in [2.24, 2.45) is 0 Å². The second-order valence-corrected chi connectivity index (χ2v) is 5.21. The molecule has 1 aromatic heterocycles. The van der Waals surface area contributed by atoms with Gasteiger partial charge in [-0.1, -0.05) is 11.6 Å². The Labute approximate surface area is 131 Å². The van der Waals surface area contributed by atoms with Crippen molar-refractivity contribution in [1.29, 1.82) is 0 Å². The van der Waals surface area contributed by atoms with E-state index in [4.69, 9.17) is 20.8 Å². The van der Waals surface area contributed by atoms with Gasteiger partial charge in [-0.3, -0.25) is 4.79 Å². The Kier molecular flexibility index (Phi) is 3.73. The average Bonchev–Trinajstić information content (AvgIpc) is 2.92. The van der Waals surface area contributed by atoms with E-state index in [0.29, 0.717) is 33.9 Å². The molecule has 112 valence electrons. The predicted molar refractivity (Wildman–Crippen MR) is 82.3 cm³/mol. The SMILES string of the molecule is CC(C=O)Oc1ccc(-c2nc3ccc(Cl)cc3o2)cc1O. The van der Waals surface area contributed by atoms with Crippen molar-refractivity contribution in [3.63, 3.8) is 0 Å². The molecule has 0 aliphatic heterocycles. The second-order valence-electron chi connectivity index (χ2n) is 4.77. The van der Waals surface area contributed by atoms with Crippen LogP contribution in [0.1, 0.15) is 6.92 Å². The third kappa shape index (κ3) is 2.76. The molecule has 0 saturated heterocycles. The lowest BCUT2D eigenvalue weighted by Crippen LogP contribution is -2.12. The third-order valence-corrected chi connectivity index (χ3v) is 3.30. The van der Waals surface area contributed by atoms with Crippen molar-refractivity contribution in [1.82, 2.24) is 4.98 Å². The van der Waals surface area contributed by atoms with E-state index in [1.807, 2.05) is 0 Å². The van der Waals surface area contributed by atoms with Crippen LogP contribution >= 0.6 is 11.6 Å². The number of benzene rings is 2. The molecule has 6 heteroatoms. The molecule has 1 atom stereocenters. The maximum Gasteiger partial charge on any atom is 0.227 e. The summed E-state index contributed by atoms with van der Waals surface area (Å²) in [7, 11) is 0. The maximum absolute atomic E-state index is 10.6. The van der Waals surface area contributed by atoms with Gasteiger partial charge in [-0.05, 0) is 37.3 Å². The first kappa shape index (κ1) is 14.4. The average molecular weight is 318 g/mol. The highest BCUT2D eigenvalue weighted by Gasteiger charge is 2.13. The van der Waals surface area contributed by atoms with Gasteiger partial charge in [0, 0.05) is 16.7 Å². The predicted octanol–water partition coefficient (Wildman–Crippen LogP) is 3.82. The van der Waals surface area contributed by atoms with Crippen LogP contribution in [-0.4, -0.2) is 22.5 Å². The summed E-state index contributed by atoms with van der Waals surface area (Å²) in [5.41, 5.74) is 1.83. The first-order valence-electron chi connectivity index (χ1n) is 6.58. The summed E-state index contributed by atoms with van der Waals surface area (Å²) in [6.07, 6.45) is 0.0148. The molecular formula is C16H12ClNO4. The summed E-state index contributed by atoms with van der Waals surface area (Å²) in [6.45, 7) is 1.59. The van der Waals surface area contributed by atoms with Crippen LogP contribution < -0.4 is 4.74 Å². The Hall–Kier alpha value is -2.53. The van der Waals surface area contributed by atoms with E-state index in [1.54, 1.807) is 37.3 Å². The number of hydrogen-bond donors (Lipinski definition) is 1. The van der Waals surface area contributed by atoms with Crippen LogP contribution in [0, 0.1) is 0 Å². The lowest BCUT2D eigenvalue weighted by Gasteiger charge is -2.10. The van der Waals surface area contributed by atoms with E-state index in [1.165, 1.54) is 6.07 Å². The Balaban J connectivity index is 1.96. The molecular weight excluding hydrogens is 306 g/mol. The maximum atomic E-state index is 10.6. The summed E-state index contributed by atoms with van der Waals surface area (Å²) in [4.78, 5) is 14.9. The smallest absolute Gasteiger partial charge is 0.227 e. The summed E-state index contributed by atoms with van der Waals surface area (Å²) in [5, 5.41) is 10.5. The van der Waals surface area contributed by atoms with Crippen LogP contribution in [0.4, 0.5) is 0 Å². The molecule has 3 aromatic rings. The van der Waals surface area contributed by atoms with Crippen molar-refractivity contribution >= 4 is 29.0 Å². The van der Waals surface area contributed by atoms with Crippen molar-refractivity contribution in [2.45, 2.75) is 13.0 Å². The van der Waals surface area contributed by atoms with Gasteiger partial charge in [-0.15, -0.1) is 0 Å². The van der Waals surface area contributed by atoms with Gasteiger partial charge in [0.1, 0.15) is 5.52 Å². The minimum atomic E-state index is -0.636. The summed E-state index contributed by atoms with van der Waals surface area (Å²) < 4.78 is 10.9. The van der Waals surface area contributed by atoms with Crippen molar-refractivity contribution in [2.75, 3.05) is 0 Å². The van der Waals surface area contributed by atoms with Crippen LogP contribution in [-0.2, 0) is 4.79 Å². The van der Waals surface area contributed by atoms with Crippen LogP contribution in [0.2, 0.25) is 5.02 Å². The number of ether oxygens (including phenoxy) is 1. The monoisotopic (exact) mass is 317 g/mol. The van der Waals surface area contributed by atoms with Crippen molar-refractivity contribution in [3.05, 3.63) is 41.4 Å². The number of hydrogen-bond acceptors (Lipinski definition) is 5. The zero-order valence-electron chi connectivity index (χ0n) is 11.6. The van der Waals surface area contributed by atoms with E-state index in [-0.39, 0.29) is 11.5 Å². The highest BCUT2D eigenvalue weighted by atomic mass is 35.5. The summed E-state index contributed by atoms with van der Waals surface area (Å²) in [5.74, 6) is 0.497. The number of phenols is 1. The van der Waals surface area contributed by atoms with Gasteiger partial charge in [0.05, 0.1) is 0 Å². The van der Waals surface area contributed by atoms with E-state index in [9.17, 15) is 9.90 Å². The fourth-order valence-electron chi connectivity index (χ4n) is 2.00. The number of carbonyl (C=O) groups excluding carboxylic acids is 1. The molecule has 22 heavy (non-hydrogen) atoms. The Morgan fingerprint density at radius 3 is 2.86 bits per heavy atom. The number of aldehydes is 1. The zero-order valence-corrected chi connectivity index (χ0v) is 12.4. The molecule has 0 amide bonds. The number of carbonyl (C=O) groups is 1. The molecule has 0 radical (unpaired) electrons. The van der Waals surface area contributed by atoms with E-state index < -0.39 is 6.10 Å². The zero-order chi connectivity index (χ0) is 15.7. The number of aromatic nitrogens is 1. The van der Waals surface area contributed by atoms with Gasteiger partial charge in [0.2, 0.25) is 5.89 Å². The van der Waals surface area contributed by atoms with Gasteiger partial charge in [0.25, 0.3) is 0 Å². The van der Waals surface area contributed by atoms with Gasteiger partial charge in [-0.2, -0.15) is 0 Å². The molecule has 5 nitrogen and oxygen atoms in total. The second kappa shape index (κ2) is 5.69. The normalized spacial score (nSPS) is 12.3. The third-order valence-electron chi connectivity index (χ3n) is 3.06. The molecule has 3 rings (SSSR count). The summed E-state index contributed by atoms with van der Waals surface area (Å²) in [6, 6.07) is 9.89. The first-order valence-corrected chi connectivity index (χ1v) is 6.96. The molecule has 1 unspecified atom stereocenters. The number of nitrogens with zero attached hydrogens (tertiary/aromatic N) is 1. The highest BCUT2D eigenvalue weighted by molar-refractivity contribution is 6.31. The molecule has 0 fully saturated rings. The molecule has 0 aliphatic rings. The van der Waals surface area contributed by atoms with Crippen molar-refractivity contribution < 1.29 is 19.1 Å². The Bertz CT molecular complexity index is 843. The molecule has 0 saturated carbocycles. The van der Waals surface area contributed by atoms with E-state index >= 15 is 0 Å². The standard InChI is InChI=1S/C16H12ClNO4/c1-9(8-19)21-14-5-2-10(6-13(14)20)16-18-12-4-3-11(17)7-15(12)22-16/h2-9,20H,1H3. The number of oxazole rings is 1. The lowest BCUT2D eigenvalue weighted by molar-refractivity contribution is -0.113. The first-order chi connectivity index (χ1) is 10.6. The Morgan fingerprint density at radius 2 is 2.14 bits per heavy atom. The summed E-state index contributed by atoms with van der Waals surface area (Å²) >= 11 is 5.91. The molecule has 1 N–H and O–H groups in total. The van der Waals surface area contributed by atoms with Gasteiger partial charge in [-0.25, -0.2) is 4.98 Å². The quantitative estimate of drug-likeness (QED) is 0.740. The van der Waals surface area contributed by atoms with Crippen LogP contribution in [0.25, 0.3) is 22.6 Å². The molecule has 0 bridgehead atoms. The highest BCUT2D eigenvalue weighted by Crippen LogP contribution is 2.33. The number of halogens is 1. The Morgan fingerprint density at radius 1 is 1.32 bits per heavy atom. The molecule has 0 aliphatic carbocycles. The number of fused-ring (bicyclic) bond motifs is 1. The van der Waals surface area contributed by atoms with Crippen LogP contribution in [0.3, 0.4) is 0 Å². The van der Waals surface area contributed by atoms with Crippen LogP contribution in [0.5, 0.6) is 11.5 Å². The van der Waals surface area contributed by atoms with Crippen LogP contribution in [0.15, 0.2) is 40.8 Å². The van der Waals surface area contributed by atoms with Crippen molar-refractivity contribution in [3.8, 4) is 23.0 Å². The lowest BCUT2D eigenvalue weighted by atomic mass is 10.2. The van der Waals surface area contributed by atoms with Gasteiger partial charge in [0.15, 0.2) is 29.5 Å². The fraction of sp³-hybridized carbons (Fsp3) is 0.125. The fourth-order valence-corrected chi connectivity index (χ4v) is 2.16. The largest absolute Gasteiger partial charge is 0.504 e. The van der Waals surface area contributed by atoms with Gasteiger partial charge < -0.3 is 14.3 Å². The molecule has 0 spiro atoms. The molecule has 2 aromatic carbocycles. The van der Waals surface area contributed by atoms with Gasteiger partial charge >= 0.3 is 0 Å². The number of rotatable bonds is 4. The van der Waals surface area contributed by atoms with E-state index in [2.05, 4.69) is 4.98 Å². The van der Waals surface area contributed by atoms with E-state index in [0.717, 1.165) is 0 Å².